The maximum Gasteiger partial charge on any atom is 0.354 e. The van der Waals surface area contributed by atoms with Gasteiger partial charge in [0.1, 0.15) is 5.82 Å². The van der Waals surface area contributed by atoms with Gasteiger partial charge in [0.25, 0.3) is 0 Å². The number of hydrogen-bond acceptors (Lipinski definition) is 5. The molecule has 144 valence electrons. The molecule has 2 aliphatic rings. The summed E-state index contributed by atoms with van der Waals surface area (Å²) in [7, 11) is 0. The molecule has 0 aliphatic heterocycles. The summed E-state index contributed by atoms with van der Waals surface area (Å²) in [4.78, 5) is 18.5. The van der Waals surface area contributed by atoms with Gasteiger partial charge >= 0.3 is 5.69 Å². The summed E-state index contributed by atoms with van der Waals surface area (Å²) in [6.45, 7) is 2.16. The lowest BCUT2D eigenvalue weighted by Crippen LogP contribution is -2.41. The minimum atomic E-state index is -0.350. The highest BCUT2D eigenvalue weighted by molar-refractivity contribution is 5.36. The lowest BCUT2D eigenvalue weighted by atomic mass is 9.90. The van der Waals surface area contributed by atoms with Crippen molar-refractivity contribution in [3.8, 4) is 5.69 Å². The maximum absolute atomic E-state index is 12.0. The molecule has 1 aromatic carbocycles. The number of anilines is 1. The Morgan fingerprint density at radius 2 is 1.74 bits per heavy atom. The van der Waals surface area contributed by atoms with E-state index in [0.29, 0.717) is 12.1 Å². The van der Waals surface area contributed by atoms with E-state index in [1.807, 2.05) is 12.1 Å². The molecule has 6 heteroatoms. The first-order valence-electron chi connectivity index (χ1n) is 10.0. The smallest absolute Gasteiger partial charge is 0.354 e. The van der Waals surface area contributed by atoms with E-state index < -0.39 is 0 Å². The van der Waals surface area contributed by atoms with Gasteiger partial charge in [-0.1, -0.05) is 12.1 Å². The van der Waals surface area contributed by atoms with Crippen LogP contribution < -0.4 is 17.2 Å². The molecule has 0 radical (unpaired) electrons. The predicted molar refractivity (Wildman–Crippen MR) is 108 cm³/mol. The minimum Gasteiger partial charge on any atom is -0.383 e. The Labute approximate surface area is 160 Å². The molecular formula is C21H29N5O. The molecule has 4 N–H and O–H groups in total. The third-order valence-electron chi connectivity index (χ3n) is 5.87. The van der Waals surface area contributed by atoms with Crippen molar-refractivity contribution in [2.75, 3.05) is 12.3 Å². The van der Waals surface area contributed by atoms with Gasteiger partial charge in [-0.2, -0.15) is 4.98 Å². The van der Waals surface area contributed by atoms with Crippen molar-refractivity contribution in [3.05, 3.63) is 52.6 Å². The van der Waals surface area contributed by atoms with Gasteiger partial charge in [0.15, 0.2) is 0 Å². The molecule has 27 heavy (non-hydrogen) atoms. The van der Waals surface area contributed by atoms with Gasteiger partial charge in [-0.15, -0.1) is 0 Å². The lowest BCUT2D eigenvalue weighted by Gasteiger charge is -2.36. The Morgan fingerprint density at radius 3 is 2.37 bits per heavy atom. The fourth-order valence-corrected chi connectivity index (χ4v) is 4.05. The van der Waals surface area contributed by atoms with Crippen LogP contribution in [0, 0.1) is 5.92 Å². The van der Waals surface area contributed by atoms with Gasteiger partial charge in [-0.25, -0.2) is 4.79 Å². The monoisotopic (exact) mass is 367 g/mol. The SMILES string of the molecule is Nc1ccn(-c2ccc(CN(CC3CC3)C3CCC(N)CC3)cc2)c(=O)n1. The highest BCUT2D eigenvalue weighted by Crippen LogP contribution is 2.33. The van der Waals surface area contributed by atoms with E-state index in [2.05, 4.69) is 22.0 Å². The zero-order valence-electron chi connectivity index (χ0n) is 15.8. The molecule has 0 atom stereocenters. The molecule has 4 rings (SSSR count). The van der Waals surface area contributed by atoms with Crippen LogP contribution >= 0.6 is 0 Å². The average Bonchev–Trinajstić information content (AvgIpc) is 3.47. The van der Waals surface area contributed by atoms with E-state index >= 15 is 0 Å². The first kappa shape index (κ1) is 18.2. The Bertz CT molecular complexity index is 819. The fraction of sp³-hybridized carbons (Fsp3) is 0.524. The second kappa shape index (κ2) is 7.82. The van der Waals surface area contributed by atoms with Crippen LogP contribution in [0.5, 0.6) is 0 Å². The summed E-state index contributed by atoms with van der Waals surface area (Å²) in [6, 6.07) is 10.9. The second-order valence-corrected chi connectivity index (χ2v) is 8.11. The molecule has 1 heterocycles. The van der Waals surface area contributed by atoms with Crippen LogP contribution in [0.4, 0.5) is 5.82 Å². The number of nitrogens with two attached hydrogens (primary N) is 2. The summed E-state index contributed by atoms with van der Waals surface area (Å²) >= 11 is 0. The van der Waals surface area contributed by atoms with Crippen molar-refractivity contribution in [3.63, 3.8) is 0 Å². The molecule has 0 bridgehead atoms. The molecule has 0 amide bonds. The van der Waals surface area contributed by atoms with Gasteiger partial charge in [0.2, 0.25) is 0 Å². The number of hydrogen-bond donors (Lipinski definition) is 2. The van der Waals surface area contributed by atoms with Crippen molar-refractivity contribution in [2.45, 2.75) is 57.2 Å². The van der Waals surface area contributed by atoms with Gasteiger partial charge in [-0.05, 0) is 68.2 Å². The van der Waals surface area contributed by atoms with Crippen LogP contribution in [0.2, 0.25) is 0 Å². The largest absolute Gasteiger partial charge is 0.383 e. The molecule has 2 saturated carbocycles. The first-order chi connectivity index (χ1) is 13.1. The predicted octanol–water partition coefficient (Wildman–Crippen LogP) is 2.30. The Morgan fingerprint density at radius 1 is 1.04 bits per heavy atom. The normalized spacial score (nSPS) is 22.9. The van der Waals surface area contributed by atoms with Crippen LogP contribution in [-0.2, 0) is 6.54 Å². The molecule has 2 aliphatic carbocycles. The number of rotatable bonds is 6. The number of nitrogen functional groups attached to an aromatic ring is 1. The van der Waals surface area contributed by atoms with E-state index in [4.69, 9.17) is 11.5 Å². The molecule has 0 saturated heterocycles. The first-order valence-corrected chi connectivity index (χ1v) is 10.0. The second-order valence-electron chi connectivity index (χ2n) is 8.11. The summed E-state index contributed by atoms with van der Waals surface area (Å²) < 4.78 is 1.52. The standard InChI is InChI=1S/C21H29N5O/c22-17-5-9-18(10-6-17)25(13-15-1-2-15)14-16-3-7-19(8-4-16)26-12-11-20(23)24-21(26)27/h3-4,7-8,11-12,15,17-18H,1-2,5-6,9-10,13-14,22H2,(H2,23,24,27). The summed E-state index contributed by atoms with van der Waals surface area (Å²) in [6.07, 6.45) is 9.10. The quantitative estimate of drug-likeness (QED) is 0.818. The number of aromatic nitrogens is 2. The van der Waals surface area contributed by atoms with Crippen LogP contribution in [0.1, 0.15) is 44.1 Å². The number of benzene rings is 1. The minimum absolute atomic E-state index is 0.246. The highest BCUT2D eigenvalue weighted by atomic mass is 16.1. The third kappa shape index (κ3) is 4.57. The van der Waals surface area contributed by atoms with E-state index in [1.54, 1.807) is 12.3 Å². The topological polar surface area (TPSA) is 90.2 Å². The van der Waals surface area contributed by atoms with Crippen molar-refractivity contribution in [1.29, 1.82) is 0 Å². The zero-order valence-corrected chi connectivity index (χ0v) is 15.8. The van der Waals surface area contributed by atoms with Crippen LogP contribution in [0.3, 0.4) is 0 Å². The molecule has 2 fully saturated rings. The van der Waals surface area contributed by atoms with Crippen LogP contribution in [0.25, 0.3) is 5.69 Å². The lowest BCUT2D eigenvalue weighted by molar-refractivity contribution is 0.136. The molecule has 1 aromatic heterocycles. The van der Waals surface area contributed by atoms with Crippen molar-refractivity contribution in [2.24, 2.45) is 11.7 Å². The highest BCUT2D eigenvalue weighted by Gasteiger charge is 2.30. The molecule has 6 nitrogen and oxygen atoms in total. The molecule has 0 spiro atoms. The Balaban J connectivity index is 1.47. The van der Waals surface area contributed by atoms with Gasteiger partial charge in [0.05, 0.1) is 5.69 Å². The van der Waals surface area contributed by atoms with Gasteiger partial charge in [0, 0.05) is 31.4 Å². The van der Waals surface area contributed by atoms with Crippen LogP contribution in [-0.4, -0.2) is 33.1 Å². The molecular weight excluding hydrogens is 338 g/mol. The molecule has 2 aromatic rings. The third-order valence-corrected chi connectivity index (χ3v) is 5.87. The maximum atomic E-state index is 12.0. The van der Waals surface area contributed by atoms with Crippen molar-refractivity contribution < 1.29 is 0 Å². The van der Waals surface area contributed by atoms with E-state index in [1.165, 1.54) is 42.4 Å². The molecule has 0 unspecified atom stereocenters. The van der Waals surface area contributed by atoms with Crippen LogP contribution in [0.15, 0.2) is 41.3 Å². The van der Waals surface area contributed by atoms with E-state index in [-0.39, 0.29) is 11.5 Å². The summed E-state index contributed by atoms with van der Waals surface area (Å²) in [5.41, 5.74) is 13.4. The van der Waals surface area contributed by atoms with Crippen molar-refractivity contribution >= 4 is 5.82 Å². The summed E-state index contributed by atoms with van der Waals surface area (Å²) in [5, 5.41) is 0. The van der Waals surface area contributed by atoms with E-state index in [9.17, 15) is 4.79 Å². The van der Waals surface area contributed by atoms with Gasteiger partial charge in [-0.3, -0.25) is 9.47 Å². The fourth-order valence-electron chi connectivity index (χ4n) is 4.05. The number of nitrogens with zero attached hydrogens (tertiary/aromatic N) is 3. The Hall–Kier alpha value is -2.18. The van der Waals surface area contributed by atoms with Gasteiger partial charge < -0.3 is 11.5 Å². The van der Waals surface area contributed by atoms with Crippen molar-refractivity contribution in [1.82, 2.24) is 14.5 Å². The van der Waals surface area contributed by atoms with E-state index in [0.717, 1.165) is 31.0 Å². The summed E-state index contributed by atoms with van der Waals surface area (Å²) in [5.74, 6) is 1.12. The zero-order chi connectivity index (χ0) is 18.8. The average molecular weight is 367 g/mol. The Kier molecular flexibility index (Phi) is 5.27.